The number of amides is 1. The summed E-state index contributed by atoms with van der Waals surface area (Å²) in [6, 6.07) is 2.61. The predicted octanol–water partition coefficient (Wildman–Crippen LogP) is 1.90. The van der Waals surface area contributed by atoms with Crippen molar-refractivity contribution in [2.75, 3.05) is 6.61 Å². The van der Waals surface area contributed by atoms with E-state index in [1.54, 1.807) is 0 Å². The van der Waals surface area contributed by atoms with E-state index in [9.17, 15) is 9.18 Å². The second-order valence-electron chi connectivity index (χ2n) is 4.39. The van der Waals surface area contributed by atoms with Crippen LogP contribution >= 0.6 is 0 Å². The van der Waals surface area contributed by atoms with Gasteiger partial charge in [0.15, 0.2) is 6.61 Å². The first-order valence-electron chi connectivity index (χ1n) is 5.48. The van der Waals surface area contributed by atoms with Gasteiger partial charge in [0, 0.05) is 5.54 Å². The lowest BCUT2D eigenvalue weighted by Gasteiger charge is -2.24. The van der Waals surface area contributed by atoms with Crippen molar-refractivity contribution in [3.63, 3.8) is 0 Å². The van der Waals surface area contributed by atoms with Crippen LogP contribution in [0.25, 0.3) is 0 Å². The molecule has 17 heavy (non-hydrogen) atoms. The van der Waals surface area contributed by atoms with Gasteiger partial charge >= 0.3 is 0 Å². The quantitative estimate of drug-likeness (QED) is 0.800. The monoisotopic (exact) mass is 240 g/mol. The number of rotatable bonds is 5. The molecule has 0 aliphatic carbocycles. The molecule has 1 heterocycles. The summed E-state index contributed by atoms with van der Waals surface area (Å²) < 4.78 is 17.7. The van der Waals surface area contributed by atoms with Gasteiger partial charge in [-0.3, -0.25) is 4.79 Å². The highest BCUT2D eigenvalue weighted by Crippen LogP contribution is 2.09. The van der Waals surface area contributed by atoms with E-state index in [4.69, 9.17) is 4.74 Å². The number of carbonyl (C=O) groups excluding carboxylic acids is 1. The molecule has 94 valence electrons. The Morgan fingerprint density at radius 3 is 2.76 bits per heavy atom. The van der Waals surface area contributed by atoms with Crippen molar-refractivity contribution in [1.82, 2.24) is 10.3 Å². The number of hydrogen-bond acceptors (Lipinski definition) is 3. The Kier molecular flexibility index (Phi) is 4.43. The highest BCUT2D eigenvalue weighted by atomic mass is 19.1. The van der Waals surface area contributed by atoms with Crippen molar-refractivity contribution < 1.29 is 13.9 Å². The van der Waals surface area contributed by atoms with Gasteiger partial charge in [0.05, 0.1) is 6.20 Å². The molecule has 0 bridgehead atoms. The molecule has 0 spiro atoms. The smallest absolute Gasteiger partial charge is 0.258 e. The van der Waals surface area contributed by atoms with Crippen LogP contribution in [-0.2, 0) is 4.79 Å². The summed E-state index contributed by atoms with van der Waals surface area (Å²) in [5, 5.41) is 2.83. The van der Waals surface area contributed by atoms with Crippen molar-refractivity contribution in [1.29, 1.82) is 0 Å². The Labute approximate surface area is 100 Å². The molecule has 0 radical (unpaired) electrons. The third-order valence-electron chi connectivity index (χ3n) is 2.43. The number of aromatic nitrogens is 1. The summed E-state index contributed by atoms with van der Waals surface area (Å²) in [5.74, 6) is -0.411. The fourth-order valence-corrected chi connectivity index (χ4v) is 1.10. The molecule has 5 heteroatoms. The second-order valence-corrected chi connectivity index (χ2v) is 4.39. The Balaban J connectivity index is 2.41. The van der Waals surface area contributed by atoms with Crippen LogP contribution in [0.15, 0.2) is 18.3 Å². The molecule has 1 rings (SSSR count). The molecule has 0 aliphatic rings. The summed E-state index contributed by atoms with van der Waals surface area (Å²) in [4.78, 5) is 15.0. The van der Waals surface area contributed by atoms with Gasteiger partial charge in [-0.05, 0) is 32.4 Å². The maximum absolute atomic E-state index is 12.5. The number of nitrogens with one attached hydrogen (secondary N) is 1. The lowest BCUT2D eigenvalue weighted by Crippen LogP contribution is -2.44. The third kappa shape index (κ3) is 4.80. The molecule has 0 saturated heterocycles. The zero-order valence-corrected chi connectivity index (χ0v) is 10.3. The van der Waals surface area contributed by atoms with Crippen molar-refractivity contribution in [3.8, 4) is 5.75 Å². The molecular weight excluding hydrogens is 223 g/mol. The average molecular weight is 240 g/mol. The van der Waals surface area contributed by atoms with Gasteiger partial charge in [-0.25, -0.2) is 4.98 Å². The molecule has 0 saturated carbocycles. The highest BCUT2D eigenvalue weighted by molar-refractivity contribution is 5.78. The van der Waals surface area contributed by atoms with E-state index in [-0.39, 0.29) is 18.1 Å². The fourth-order valence-electron chi connectivity index (χ4n) is 1.10. The van der Waals surface area contributed by atoms with E-state index in [1.165, 1.54) is 18.3 Å². The van der Waals surface area contributed by atoms with Gasteiger partial charge in [0.1, 0.15) is 5.75 Å². The van der Waals surface area contributed by atoms with Gasteiger partial charge in [0.25, 0.3) is 5.91 Å². The maximum Gasteiger partial charge on any atom is 0.258 e. The Hall–Kier alpha value is -1.65. The van der Waals surface area contributed by atoms with Crippen LogP contribution in [0.2, 0.25) is 0 Å². The van der Waals surface area contributed by atoms with Gasteiger partial charge in [0.2, 0.25) is 5.95 Å². The normalized spacial score (nSPS) is 11.1. The standard InChI is InChI=1S/C12H17FN2O2/c1-4-12(2,3)15-11(16)8-17-9-5-6-10(13)14-7-9/h5-7H,4,8H2,1-3H3,(H,15,16). The summed E-state index contributed by atoms with van der Waals surface area (Å²) in [6.45, 7) is 5.76. The molecule has 1 amide bonds. The summed E-state index contributed by atoms with van der Waals surface area (Å²) in [6.07, 6.45) is 2.07. The minimum Gasteiger partial charge on any atom is -0.482 e. The fraction of sp³-hybridized carbons (Fsp3) is 0.500. The van der Waals surface area contributed by atoms with E-state index < -0.39 is 5.95 Å². The maximum atomic E-state index is 12.5. The minimum atomic E-state index is -0.575. The van der Waals surface area contributed by atoms with Crippen LogP contribution in [0.5, 0.6) is 5.75 Å². The molecular formula is C12H17FN2O2. The Morgan fingerprint density at radius 1 is 1.53 bits per heavy atom. The molecule has 0 aromatic carbocycles. The van der Waals surface area contributed by atoms with E-state index in [0.29, 0.717) is 5.75 Å². The van der Waals surface area contributed by atoms with Gasteiger partial charge in [-0.2, -0.15) is 4.39 Å². The molecule has 0 unspecified atom stereocenters. The van der Waals surface area contributed by atoms with Gasteiger partial charge < -0.3 is 10.1 Å². The average Bonchev–Trinajstić information content (AvgIpc) is 2.28. The summed E-state index contributed by atoms with van der Waals surface area (Å²) >= 11 is 0. The minimum absolute atomic E-state index is 0.100. The van der Waals surface area contributed by atoms with Crippen LogP contribution in [0, 0.1) is 5.95 Å². The number of hydrogen-bond donors (Lipinski definition) is 1. The predicted molar refractivity (Wildman–Crippen MR) is 62.2 cm³/mol. The topological polar surface area (TPSA) is 51.2 Å². The molecule has 1 aromatic heterocycles. The zero-order valence-electron chi connectivity index (χ0n) is 10.3. The van der Waals surface area contributed by atoms with E-state index in [0.717, 1.165) is 6.42 Å². The number of ether oxygens (including phenoxy) is 1. The third-order valence-corrected chi connectivity index (χ3v) is 2.43. The Bertz CT molecular complexity index is 377. The molecule has 1 N–H and O–H groups in total. The molecule has 4 nitrogen and oxygen atoms in total. The van der Waals surface area contributed by atoms with Crippen molar-refractivity contribution >= 4 is 5.91 Å². The Morgan fingerprint density at radius 2 is 2.24 bits per heavy atom. The van der Waals surface area contributed by atoms with E-state index in [2.05, 4.69) is 10.3 Å². The number of carbonyl (C=O) groups is 1. The molecule has 0 atom stereocenters. The summed E-state index contributed by atoms with van der Waals surface area (Å²) in [5.41, 5.74) is -0.249. The van der Waals surface area contributed by atoms with E-state index in [1.807, 2.05) is 20.8 Å². The van der Waals surface area contributed by atoms with Crippen LogP contribution in [0.4, 0.5) is 4.39 Å². The lowest BCUT2D eigenvalue weighted by molar-refractivity contribution is -0.124. The van der Waals surface area contributed by atoms with Crippen molar-refractivity contribution in [3.05, 3.63) is 24.3 Å². The summed E-state index contributed by atoms with van der Waals surface area (Å²) in [7, 11) is 0. The lowest BCUT2D eigenvalue weighted by atomic mass is 10.0. The molecule has 0 aliphatic heterocycles. The van der Waals surface area contributed by atoms with Gasteiger partial charge in [-0.1, -0.05) is 6.92 Å². The zero-order chi connectivity index (χ0) is 12.9. The molecule has 0 fully saturated rings. The first-order valence-corrected chi connectivity index (χ1v) is 5.48. The first kappa shape index (κ1) is 13.4. The first-order chi connectivity index (χ1) is 7.93. The highest BCUT2D eigenvalue weighted by Gasteiger charge is 2.17. The molecule has 1 aromatic rings. The van der Waals surface area contributed by atoms with Crippen LogP contribution < -0.4 is 10.1 Å². The van der Waals surface area contributed by atoms with Crippen molar-refractivity contribution in [2.24, 2.45) is 0 Å². The van der Waals surface area contributed by atoms with Crippen LogP contribution in [0.3, 0.4) is 0 Å². The second kappa shape index (κ2) is 5.61. The van der Waals surface area contributed by atoms with Crippen molar-refractivity contribution in [2.45, 2.75) is 32.7 Å². The SMILES string of the molecule is CCC(C)(C)NC(=O)COc1ccc(F)nc1. The van der Waals surface area contributed by atoms with Gasteiger partial charge in [-0.15, -0.1) is 0 Å². The van der Waals surface area contributed by atoms with E-state index >= 15 is 0 Å². The number of pyridine rings is 1. The van der Waals surface area contributed by atoms with Crippen LogP contribution in [-0.4, -0.2) is 23.0 Å². The number of halogens is 1. The largest absolute Gasteiger partial charge is 0.482 e. The number of nitrogens with zero attached hydrogens (tertiary/aromatic N) is 1. The van der Waals surface area contributed by atoms with Crippen LogP contribution in [0.1, 0.15) is 27.2 Å².